The highest BCUT2D eigenvalue weighted by molar-refractivity contribution is 6.08. The largest absolute Gasteiger partial charge is 0.493 e. The Morgan fingerprint density at radius 1 is 0.936 bits per heavy atom. The molecule has 3 rings (SSSR count). The first-order valence-corrected chi connectivity index (χ1v) is 13.2. The van der Waals surface area contributed by atoms with E-state index < -0.39 is 36.1 Å². The van der Waals surface area contributed by atoms with E-state index in [1.54, 1.807) is 19.2 Å². The molecule has 0 bridgehead atoms. The van der Waals surface area contributed by atoms with Crippen LogP contribution in [0.4, 0.5) is 37.7 Å². The summed E-state index contributed by atoms with van der Waals surface area (Å²) in [6.07, 6.45) is -7.22. The number of nitrogens with two attached hydrogens (primary N) is 2. The number of nitrogens with zero attached hydrogens (tertiary/aromatic N) is 1. The van der Waals surface area contributed by atoms with E-state index in [1.807, 2.05) is 24.3 Å². The number of hydrogen-bond donors (Lipinski definition) is 6. The minimum atomic E-state index is -5.08. The second kappa shape index (κ2) is 18.0. The molecular formula is C28H31F6N5O8. The van der Waals surface area contributed by atoms with E-state index >= 15 is 0 Å². The number of carbonyl (C=O) groups excluding carboxylic acids is 2. The number of nitrogens with one attached hydrogen (secondary N) is 2. The van der Waals surface area contributed by atoms with E-state index in [2.05, 4.69) is 22.5 Å². The van der Waals surface area contributed by atoms with Crippen molar-refractivity contribution in [3.05, 3.63) is 53.7 Å². The lowest BCUT2D eigenvalue weighted by atomic mass is 10.1. The average Bonchev–Trinajstić information content (AvgIpc) is 2.98. The number of rotatable bonds is 12. The van der Waals surface area contributed by atoms with Gasteiger partial charge in [-0.3, -0.25) is 14.6 Å². The predicted molar refractivity (Wildman–Crippen MR) is 155 cm³/mol. The third-order valence-corrected chi connectivity index (χ3v) is 5.62. The van der Waals surface area contributed by atoms with Crippen LogP contribution in [-0.4, -0.2) is 78.1 Å². The van der Waals surface area contributed by atoms with Crippen LogP contribution in [0, 0.1) is 0 Å². The van der Waals surface area contributed by atoms with Gasteiger partial charge >= 0.3 is 24.3 Å². The first-order valence-electron chi connectivity index (χ1n) is 13.2. The van der Waals surface area contributed by atoms with Gasteiger partial charge in [0.15, 0.2) is 11.5 Å². The summed E-state index contributed by atoms with van der Waals surface area (Å²) in [6.45, 7) is 3.15. The molecular weight excluding hydrogens is 648 g/mol. The van der Waals surface area contributed by atoms with Crippen molar-refractivity contribution in [3.63, 3.8) is 0 Å². The number of benzene rings is 2. The number of primary amides is 2. The van der Waals surface area contributed by atoms with E-state index in [9.17, 15) is 35.9 Å². The predicted octanol–water partition coefficient (Wildman–Crippen LogP) is 3.76. The zero-order chi connectivity index (χ0) is 35.9. The van der Waals surface area contributed by atoms with Crippen molar-refractivity contribution in [2.24, 2.45) is 11.5 Å². The summed E-state index contributed by atoms with van der Waals surface area (Å²) in [6, 6.07) is 11.4. The van der Waals surface area contributed by atoms with Crippen LogP contribution < -0.4 is 31.6 Å². The van der Waals surface area contributed by atoms with Crippen LogP contribution >= 0.6 is 0 Å². The number of para-hydroxylation sites is 1. The molecule has 47 heavy (non-hydrogen) atoms. The van der Waals surface area contributed by atoms with Crippen LogP contribution in [0.15, 0.2) is 42.6 Å². The van der Waals surface area contributed by atoms with Gasteiger partial charge in [-0.05, 0) is 37.1 Å². The summed E-state index contributed by atoms with van der Waals surface area (Å²) >= 11 is 0. The van der Waals surface area contributed by atoms with Crippen LogP contribution in [0.3, 0.4) is 0 Å². The first kappa shape index (κ1) is 39.7. The van der Waals surface area contributed by atoms with Crippen LogP contribution in [0.1, 0.15) is 29.3 Å². The number of amides is 2. The molecule has 0 saturated heterocycles. The summed E-state index contributed by atoms with van der Waals surface area (Å²) in [5.74, 6) is -5.48. The number of aryl methyl sites for hydroxylation is 1. The summed E-state index contributed by atoms with van der Waals surface area (Å²) in [4.78, 5) is 45.2. The Bertz CT molecular complexity index is 1530. The van der Waals surface area contributed by atoms with Gasteiger partial charge in [0, 0.05) is 23.3 Å². The van der Waals surface area contributed by atoms with E-state index in [-0.39, 0.29) is 12.1 Å². The van der Waals surface area contributed by atoms with Gasteiger partial charge in [0.2, 0.25) is 5.91 Å². The molecule has 0 radical (unpaired) electrons. The standard InChI is InChI=1S/C24H29N5O4.2C2HF3O2/c1-3-15-7-4-5-8-18(15)29-23-16-11-21(33-10-6-9-27-14-22(25)30)20(32-2)12-19(16)28-13-17(23)24(26)31;2*3-2(4,5)1(6)7/h4-5,7-8,11-13,27H,3,6,9-10,14H2,1-2H3,(H2,25,30)(H2,26,31)(H,28,29);2*(H,6,7). The number of anilines is 2. The Labute approximate surface area is 262 Å². The molecule has 0 saturated carbocycles. The highest BCUT2D eigenvalue weighted by Crippen LogP contribution is 2.37. The van der Waals surface area contributed by atoms with Gasteiger partial charge in [-0.2, -0.15) is 26.3 Å². The number of carbonyl (C=O) groups is 4. The van der Waals surface area contributed by atoms with Gasteiger partial charge < -0.3 is 41.8 Å². The number of halogens is 6. The SMILES string of the molecule is CCc1ccccc1Nc1c(C(N)=O)cnc2cc(OC)c(OCCCNCC(N)=O)cc12.O=C(O)C(F)(F)F.O=C(O)C(F)(F)F. The molecule has 19 heteroatoms. The Balaban J connectivity index is 0.000000658. The first-order chi connectivity index (χ1) is 21.8. The van der Waals surface area contributed by atoms with Gasteiger partial charge in [-0.25, -0.2) is 9.59 Å². The van der Waals surface area contributed by atoms with Gasteiger partial charge in [0.1, 0.15) is 0 Å². The van der Waals surface area contributed by atoms with E-state index in [4.69, 9.17) is 40.7 Å². The molecule has 0 aliphatic heterocycles. The molecule has 0 spiro atoms. The van der Waals surface area contributed by atoms with E-state index in [0.29, 0.717) is 47.7 Å². The highest BCUT2D eigenvalue weighted by Gasteiger charge is 2.38. The fourth-order valence-electron chi connectivity index (χ4n) is 3.47. The molecule has 1 heterocycles. The van der Waals surface area contributed by atoms with Gasteiger partial charge in [-0.1, -0.05) is 25.1 Å². The topological polar surface area (TPSA) is 216 Å². The van der Waals surface area contributed by atoms with Gasteiger partial charge in [0.05, 0.1) is 37.0 Å². The zero-order valence-corrected chi connectivity index (χ0v) is 24.8. The second-order valence-electron chi connectivity index (χ2n) is 9.02. The molecule has 0 aliphatic carbocycles. The lowest BCUT2D eigenvalue weighted by Crippen LogP contribution is -2.29. The maximum absolute atomic E-state index is 12.2. The minimum Gasteiger partial charge on any atom is -0.493 e. The van der Waals surface area contributed by atoms with Crippen LogP contribution in [-0.2, 0) is 20.8 Å². The lowest BCUT2D eigenvalue weighted by Gasteiger charge is -2.17. The number of methoxy groups -OCH3 is 1. The zero-order valence-electron chi connectivity index (χ0n) is 24.8. The molecule has 0 atom stereocenters. The number of carboxylic acid groups (broad SMARTS) is 2. The second-order valence-corrected chi connectivity index (χ2v) is 9.02. The fraction of sp³-hybridized carbons (Fsp3) is 0.321. The van der Waals surface area contributed by atoms with Crippen LogP contribution in [0.25, 0.3) is 10.9 Å². The molecule has 8 N–H and O–H groups in total. The van der Waals surface area contributed by atoms with E-state index in [1.165, 1.54) is 6.20 Å². The number of pyridine rings is 1. The molecule has 3 aromatic rings. The number of carboxylic acids is 2. The highest BCUT2D eigenvalue weighted by atomic mass is 19.4. The van der Waals surface area contributed by atoms with Crippen LogP contribution in [0.2, 0.25) is 0 Å². The lowest BCUT2D eigenvalue weighted by molar-refractivity contribution is -0.193. The number of alkyl halides is 6. The molecule has 2 amide bonds. The van der Waals surface area contributed by atoms with Crippen molar-refractivity contribution in [2.45, 2.75) is 32.1 Å². The van der Waals surface area contributed by atoms with E-state index in [0.717, 1.165) is 17.7 Å². The van der Waals surface area contributed by atoms with Gasteiger partial charge in [-0.15, -0.1) is 0 Å². The molecule has 2 aromatic carbocycles. The number of hydrogen-bond acceptors (Lipinski definition) is 9. The Morgan fingerprint density at radius 2 is 1.51 bits per heavy atom. The Hall–Kier alpha value is -5.33. The molecule has 0 unspecified atom stereocenters. The molecule has 258 valence electrons. The maximum Gasteiger partial charge on any atom is 0.490 e. The Morgan fingerprint density at radius 3 is 2.00 bits per heavy atom. The third kappa shape index (κ3) is 13.3. The summed E-state index contributed by atoms with van der Waals surface area (Å²) in [7, 11) is 1.55. The third-order valence-electron chi connectivity index (χ3n) is 5.62. The monoisotopic (exact) mass is 679 g/mol. The number of fused-ring (bicyclic) bond motifs is 1. The van der Waals surface area contributed by atoms with Crippen molar-refractivity contribution >= 4 is 46.0 Å². The normalized spacial score (nSPS) is 10.9. The Kier molecular flexibility index (Phi) is 15.2. The average molecular weight is 680 g/mol. The van der Waals surface area contributed by atoms with Crippen molar-refractivity contribution in [1.82, 2.24) is 10.3 Å². The van der Waals surface area contributed by atoms with Crippen LogP contribution in [0.5, 0.6) is 11.5 Å². The number of aromatic nitrogens is 1. The van der Waals surface area contributed by atoms with Crippen molar-refractivity contribution in [1.29, 1.82) is 0 Å². The number of ether oxygens (including phenoxy) is 2. The maximum atomic E-state index is 12.2. The quantitative estimate of drug-likeness (QED) is 0.120. The summed E-state index contributed by atoms with van der Waals surface area (Å²) < 4.78 is 74.9. The van der Waals surface area contributed by atoms with Crippen molar-refractivity contribution in [2.75, 3.05) is 32.1 Å². The summed E-state index contributed by atoms with van der Waals surface area (Å²) in [5.41, 5.74) is 14.2. The molecule has 0 aliphatic rings. The van der Waals surface area contributed by atoms with Crippen molar-refractivity contribution in [3.8, 4) is 11.5 Å². The van der Waals surface area contributed by atoms with Crippen molar-refractivity contribution < 1.29 is 65.2 Å². The molecule has 0 fully saturated rings. The minimum absolute atomic E-state index is 0.120. The molecule has 1 aromatic heterocycles. The number of aliphatic carboxylic acids is 2. The summed E-state index contributed by atoms with van der Waals surface area (Å²) in [5, 5.41) is 21.3. The fourth-order valence-corrected chi connectivity index (χ4v) is 3.47. The smallest absolute Gasteiger partial charge is 0.490 e. The molecule has 13 nitrogen and oxygen atoms in total. The van der Waals surface area contributed by atoms with Gasteiger partial charge in [0.25, 0.3) is 5.91 Å².